The molecule has 1 saturated carbocycles. The van der Waals surface area contributed by atoms with E-state index in [-0.39, 0.29) is 5.75 Å². The summed E-state index contributed by atoms with van der Waals surface area (Å²) in [6, 6.07) is 6.40. The fourth-order valence-electron chi connectivity index (χ4n) is 2.72. The fraction of sp³-hybridized carbons (Fsp3) is 0.417. The van der Waals surface area contributed by atoms with Crippen LogP contribution in [0.25, 0.3) is 0 Å². The van der Waals surface area contributed by atoms with E-state index >= 15 is 0 Å². The standard InChI is InChI=1S/C12H13NO3/c14-9-3-1-2-8(5-9)13-6-7-4-10(7)11(13)12(15)16/h1-3,5,7,10-11,14H,4,6H2,(H,15,16). The van der Waals surface area contributed by atoms with Gasteiger partial charge < -0.3 is 15.1 Å². The lowest BCUT2D eigenvalue weighted by molar-refractivity contribution is -0.138. The van der Waals surface area contributed by atoms with Crippen LogP contribution in [0.4, 0.5) is 5.69 Å². The Morgan fingerprint density at radius 1 is 1.44 bits per heavy atom. The van der Waals surface area contributed by atoms with Crippen LogP contribution >= 0.6 is 0 Å². The van der Waals surface area contributed by atoms with Gasteiger partial charge in [-0.25, -0.2) is 4.79 Å². The average Bonchev–Trinajstić information content (AvgIpc) is 2.88. The van der Waals surface area contributed by atoms with Crippen LogP contribution in [-0.2, 0) is 4.79 Å². The summed E-state index contributed by atoms with van der Waals surface area (Å²) >= 11 is 0. The first-order valence-corrected chi connectivity index (χ1v) is 5.45. The Kier molecular flexibility index (Phi) is 1.87. The SMILES string of the molecule is O=C(O)C1C2CC2CN1c1cccc(O)c1. The largest absolute Gasteiger partial charge is 0.508 e. The van der Waals surface area contributed by atoms with E-state index in [1.807, 2.05) is 11.0 Å². The van der Waals surface area contributed by atoms with Crippen molar-refractivity contribution in [2.45, 2.75) is 12.5 Å². The molecule has 2 aliphatic rings. The summed E-state index contributed by atoms with van der Waals surface area (Å²) < 4.78 is 0. The highest BCUT2D eigenvalue weighted by molar-refractivity contribution is 5.80. The molecule has 4 nitrogen and oxygen atoms in total. The van der Waals surface area contributed by atoms with Crippen LogP contribution in [0.1, 0.15) is 6.42 Å². The number of nitrogens with zero attached hydrogens (tertiary/aromatic N) is 1. The fourth-order valence-corrected chi connectivity index (χ4v) is 2.72. The molecule has 1 aromatic rings. The van der Waals surface area contributed by atoms with Gasteiger partial charge in [-0.1, -0.05) is 6.07 Å². The molecule has 3 unspecified atom stereocenters. The van der Waals surface area contributed by atoms with Crippen molar-refractivity contribution < 1.29 is 15.0 Å². The van der Waals surface area contributed by atoms with Gasteiger partial charge in [-0.05, 0) is 30.4 Å². The summed E-state index contributed by atoms with van der Waals surface area (Å²) in [5, 5.41) is 18.6. The molecule has 1 aliphatic carbocycles. The lowest BCUT2D eigenvalue weighted by atomic mass is 10.1. The summed E-state index contributed by atoms with van der Waals surface area (Å²) in [5.41, 5.74) is 0.805. The van der Waals surface area contributed by atoms with Crippen molar-refractivity contribution in [3.8, 4) is 5.75 Å². The number of carbonyl (C=O) groups is 1. The van der Waals surface area contributed by atoms with Crippen molar-refractivity contribution in [2.75, 3.05) is 11.4 Å². The van der Waals surface area contributed by atoms with Crippen molar-refractivity contribution in [3.63, 3.8) is 0 Å². The average molecular weight is 219 g/mol. The molecule has 3 rings (SSSR count). The number of hydrogen-bond donors (Lipinski definition) is 2. The van der Waals surface area contributed by atoms with Crippen LogP contribution < -0.4 is 4.90 Å². The highest BCUT2D eigenvalue weighted by atomic mass is 16.4. The van der Waals surface area contributed by atoms with Gasteiger partial charge in [0.05, 0.1) is 0 Å². The van der Waals surface area contributed by atoms with E-state index in [9.17, 15) is 15.0 Å². The highest BCUT2D eigenvalue weighted by Gasteiger charge is 2.55. The minimum atomic E-state index is -0.756. The van der Waals surface area contributed by atoms with E-state index in [1.54, 1.807) is 18.2 Å². The summed E-state index contributed by atoms with van der Waals surface area (Å²) in [6.45, 7) is 0.797. The summed E-state index contributed by atoms with van der Waals surface area (Å²) in [7, 11) is 0. The van der Waals surface area contributed by atoms with Gasteiger partial charge in [0.2, 0.25) is 0 Å². The maximum absolute atomic E-state index is 11.2. The van der Waals surface area contributed by atoms with Crippen molar-refractivity contribution in [2.24, 2.45) is 11.8 Å². The zero-order chi connectivity index (χ0) is 11.3. The Bertz CT molecular complexity index is 446. The first kappa shape index (κ1) is 9.51. The lowest BCUT2D eigenvalue weighted by Gasteiger charge is -2.26. The van der Waals surface area contributed by atoms with E-state index < -0.39 is 12.0 Å². The third-order valence-corrected chi connectivity index (χ3v) is 3.56. The van der Waals surface area contributed by atoms with E-state index in [0.29, 0.717) is 11.8 Å². The third kappa shape index (κ3) is 1.33. The molecular formula is C12H13NO3. The van der Waals surface area contributed by atoms with Gasteiger partial charge in [0.1, 0.15) is 11.8 Å². The Balaban J connectivity index is 1.92. The van der Waals surface area contributed by atoms with Crippen LogP contribution in [0.3, 0.4) is 0 Å². The zero-order valence-corrected chi connectivity index (χ0v) is 8.71. The molecule has 1 heterocycles. The van der Waals surface area contributed by atoms with E-state index in [0.717, 1.165) is 18.7 Å². The van der Waals surface area contributed by atoms with E-state index in [2.05, 4.69) is 0 Å². The minimum Gasteiger partial charge on any atom is -0.508 e. The molecule has 0 aromatic heterocycles. The maximum Gasteiger partial charge on any atom is 0.326 e. The molecule has 4 heteroatoms. The van der Waals surface area contributed by atoms with Crippen molar-refractivity contribution in [1.82, 2.24) is 0 Å². The molecule has 0 amide bonds. The Hall–Kier alpha value is -1.71. The van der Waals surface area contributed by atoms with Gasteiger partial charge in [0.25, 0.3) is 0 Å². The smallest absolute Gasteiger partial charge is 0.326 e. The Morgan fingerprint density at radius 3 is 2.94 bits per heavy atom. The van der Waals surface area contributed by atoms with E-state index in [1.165, 1.54) is 0 Å². The number of hydrogen-bond acceptors (Lipinski definition) is 3. The third-order valence-electron chi connectivity index (χ3n) is 3.56. The molecular weight excluding hydrogens is 206 g/mol. The topological polar surface area (TPSA) is 60.8 Å². The number of piperidine rings is 1. The number of phenols is 1. The van der Waals surface area contributed by atoms with Gasteiger partial charge in [-0.15, -0.1) is 0 Å². The molecule has 16 heavy (non-hydrogen) atoms. The molecule has 84 valence electrons. The van der Waals surface area contributed by atoms with Crippen LogP contribution in [0.5, 0.6) is 5.75 Å². The van der Waals surface area contributed by atoms with Gasteiger partial charge >= 0.3 is 5.97 Å². The van der Waals surface area contributed by atoms with Gasteiger partial charge in [0, 0.05) is 18.3 Å². The van der Waals surface area contributed by atoms with Crippen molar-refractivity contribution in [3.05, 3.63) is 24.3 Å². The Labute approximate surface area is 93.1 Å². The van der Waals surface area contributed by atoms with E-state index in [4.69, 9.17) is 0 Å². The molecule has 1 aromatic carbocycles. The number of fused-ring (bicyclic) bond motifs is 1. The summed E-state index contributed by atoms with van der Waals surface area (Å²) in [6.07, 6.45) is 1.03. The van der Waals surface area contributed by atoms with Crippen LogP contribution in [0, 0.1) is 11.8 Å². The predicted octanol–water partition coefficient (Wildman–Crippen LogP) is 1.30. The van der Waals surface area contributed by atoms with Gasteiger partial charge in [0.15, 0.2) is 0 Å². The second-order valence-electron chi connectivity index (χ2n) is 4.61. The normalized spacial score (nSPS) is 31.2. The number of aromatic hydroxyl groups is 1. The molecule has 1 saturated heterocycles. The molecule has 0 bridgehead atoms. The van der Waals surface area contributed by atoms with Crippen LogP contribution in [-0.4, -0.2) is 28.8 Å². The number of rotatable bonds is 2. The molecule has 2 N–H and O–H groups in total. The van der Waals surface area contributed by atoms with Gasteiger partial charge in [-0.3, -0.25) is 0 Å². The molecule has 3 atom stereocenters. The summed E-state index contributed by atoms with van der Waals surface area (Å²) in [5.74, 6) is 0.263. The van der Waals surface area contributed by atoms with Gasteiger partial charge in [-0.2, -0.15) is 0 Å². The molecule has 0 radical (unpaired) electrons. The monoisotopic (exact) mass is 219 g/mol. The molecule has 0 spiro atoms. The number of benzene rings is 1. The number of aliphatic carboxylic acids is 1. The van der Waals surface area contributed by atoms with Crippen LogP contribution in [0.15, 0.2) is 24.3 Å². The zero-order valence-electron chi connectivity index (χ0n) is 8.71. The minimum absolute atomic E-state index is 0.183. The maximum atomic E-state index is 11.2. The number of anilines is 1. The number of phenolic OH excluding ortho intramolecular Hbond substituents is 1. The number of carboxylic acid groups (broad SMARTS) is 1. The number of carboxylic acids is 1. The first-order valence-electron chi connectivity index (χ1n) is 5.45. The van der Waals surface area contributed by atoms with Crippen LogP contribution in [0.2, 0.25) is 0 Å². The van der Waals surface area contributed by atoms with Crippen molar-refractivity contribution in [1.29, 1.82) is 0 Å². The lowest BCUT2D eigenvalue weighted by Crippen LogP contribution is -2.39. The molecule has 2 fully saturated rings. The highest BCUT2D eigenvalue weighted by Crippen LogP contribution is 2.51. The Morgan fingerprint density at radius 2 is 2.25 bits per heavy atom. The first-order chi connectivity index (χ1) is 7.66. The summed E-state index contributed by atoms with van der Waals surface area (Å²) in [4.78, 5) is 13.1. The predicted molar refractivity (Wildman–Crippen MR) is 58.5 cm³/mol. The molecule has 1 aliphatic heterocycles. The quantitative estimate of drug-likeness (QED) is 0.787. The second kappa shape index (κ2) is 3.14. The second-order valence-corrected chi connectivity index (χ2v) is 4.61. The van der Waals surface area contributed by atoms with Crippen molar-refractivity contribution >= 4 is 11.7 Å².